The molecule has 1 aliphatic rings. The van der Waals surface area contributed by atoms with Crippen LogP contribution in [0.4, 0.5) is 11.6 Å². The van der Waals surface area contributed by atoms with Crippen LogP contribution < -0.4 is 10.6 Å². The van der Waals surface area contributed by atoms with E-state index in [2.05, 4.69) is 49.7 Å². The summed E-state index contributed by atoms with van der Waals surface area (Å²) in [5.41, 5.74) is 9.25. The molecular weight excluding hydrogens is 362 g/mol. The first kappa shape index (κ1) is 14.0. The summed E-state index contributed by atoms with van der Waals surface area (Å²) in [5, 5.41) is 8.57. The van der Waals surface area contributed by atoms with Crippen molar-refractivity contribution in [1.29, 1.82) is 0 Å². The molecule has 1 atom stereocenters. The lowest BCUT2D eigenvalue weighted by molar-refractivity contribution is 0.658. The summed E-state index contributed by atoms with van der Waals surface area (Å²) in [6.07, 6.45) is 3.03. The topological polar surface area (TPSA) is 59.5 Å². The third-order valence-corrected chi connectivity index (χ3v) is 5.60. The number of nitrogens with zero attached hydrogens (tertiary/aromatic N) is 4. The van der Waals surface area contributed by atoms with Gasteiger partial charge in [0.05, 0.1) is 6.20 Å². The highest BCUT2D eigenvalue weighted by molar-refractivity contribution is 9.10. The number of hydrogen-bond acceptors (Lipinski definition) is 5. The largest absolute Gasteiger partial charge is 0.383 e. The van der Waals surface area contributed by atoms with E-state index in [0.717, 1.165) is 40.2 Å². The summed E-state index contributed by atoms with van der Waals surface area (Å²) in [6.45, 7) is 4.30. The first-order valence-electron chi connectivity index (χ1n) is 7.25. The van der Waals surface area contributed by atoms with E-state index < -0.39 is 0 Å². The second kappa shape index (κ2) is 5.24. The summed E-state index contributed by atoms with van der Waals surface area (Å²) >= 11 is 5.27. The minimum atomic E-state index is 0.598. The number of anilines is 2. The molecule has 3 aromatic rings. The molecule has 3 aromatic heterocycles. The van der Waals surface area contributed by atoms with Crippen LogP contribution >= 0.6 is 27.3 Å². The fourth-order valence-electron chi connectivity index (χ4n) is 2.94. The Morgan fingerprint density at radius 2 is 2.32 bits per heavy atom. The molecule has 2 N–H and O–H groups in total. The number of fused-ring (bicyclic) bond motifs is 1. The van der Waals surface area contributed by atoms with E-state index in [1.54, 1.807) is 15.9 Å². The minimum absolute atomic E-state index is 0.598. The zero-order valence-electron chi connectivity index (χ0n) is 12.2. The Balaban J connectivity index is 1.91. The number of hydrogen-bond donors (Lipinski definition) is 1. The number of nitrogens with two attached hydrogens (primary N) is 1. The highest BCUT2D eigenvalue weighted by Gasteiger charge is 2.25. The molecule has 0 aliphatic carbocycles. The molecule has 0 spiro atoms. The maximum Gasteiger partial charge on any atom is 0.167 e. The summed E-state index contributed by atoms with van der Waals surface area (Å²) in [7, 11) is 0. The fourth-order valence-corrected chi connectivity index (χ4v) is 4.10. The predicted octanol–water partition coefficient (Wildman–Crippen LogP) is 3.65. The number of thiophene rings is 1. The standard InChI is InChI=1S/C15H16BrN5S/c1-9-2-4-20(7-9)15-12(16)13(17)21-14(19-15)11(6-18-21)10-3-5-22-8-10/h3,5-6,8-9H,2,4,7,17H2,1H3/t9-/m0/s1. The molecule has 0 bridgehead atoms. The van der Waals surface area contributed by atoms with Crippen LogP contribution in [0.25, 0.3) is 16.8 Å². The van der Waals surface area contributed by atoms with E-state index in [1.807, 2.05) is 6.20 Å². The quantitative estimate of drug-likeness (QED) is 0.740. The lowest BCUT2D eigenvalue weighted by Crippen LogP contribution is -2.22. The van der Waals surface area contributed by atoms with Gasteiger partial charge in [0.2, 0.25) is 0 Å². The van der Waals surface area contributed by atoms with Gasteiger partial charge < -0.3 is 10.6 Å². The lowest BCUT2D eigenvalue weighted by Gasteiger charge is -2.20. The van der Waals surface area contributed by atoms with E-state index in [-0.39, 0.29) is 0 Å². The molecule has 5 nitrogen and oxygen atoms in total. The van der Waals surface area contributed by atoms with Gasteiger partial charge in [0.1, 0.15) is 16.1 Å². The van der Waals surface area contributed by atoms with Crippen molar-refractivity contribution in [2.24, 2.45) is 5.92 Å². The van der Waals surface area contributed by atoms with E-state index in [0.29, 0.717) is 11.7 Å². The Morgan fingerprint density at radius 3 is 3.00 bits per heavy atom. The van der Waals surface area contributed by atoms with E-state index in [1.165, 1.54) is 6.42 Å². The van der Waals surface area contributed by atoms with Crippen LogP contribution in [0.2, 0.25) is 0 Å². The van der Waals surface area contributed by atoms with Gasteiger partial charge in [-0.15, -0.1) is 0 Å². The van der Waals surface area contributed by atoms with Crippen LogP contribution in [-0.2, 0) is 0 Å². The highest BCUT2D eigenvalue weighted by atomic mass is 79.9. The van der Waals surface area contributed by atoms with Crippen molar-refractivity contribution in [2.75, 3.05) is 23.7 Å². The van der Waals surface area contributed by atoms with Crippen LogP contribution in [-0.4, -0.2) is 27.7 Å². The average Bonchev–Trinajstić information content (AvgIpc) is 3.22. The summed E-state index contributed by atoms with van der Waals surface area (Å²) in [5.74, 6) is 2.21. The molecule has 0 saturated carbocycles. The Hall–Kier alpha value is -1.60. The number of halogens is 1. The van der Waals surface area contributed by atoms with Crippen molar-refractivity contribution in [3.8, 4) is 11.1 Å². The Morgan fingerprint density at radius 1 is 1.45 bits per heavy atom. The monoisotopic (exact) mass is 377 g/mol. The molecule has 1 fully saturated rings. The van der Waals surface area contributed by atoms with Gasteiger partial charge in [-0.25, -0.2) is 4.98 Å². The zero-order chi connectivity index (χ0) is 15.3. The normalized spacial score (nSPS) is 18.5. The Kier molecular flexibility index (Phi) is 3.34. The van der Waals surface area contributed by atoms with Crippen LogP contribution in [0.3, 0.4) is 0 Å². The third kappa shape index (κ3) is 2.11. The molecule has 1 aliphatic heterocycles. The Labute approximate surface area is 140 Å². The zero-order valence-corrected chi connectivity index (χ0v) is 14.6. The maximum absolute atomic E-state index is 6.28. The molecule has 0 aromatic carbocycles. The van der Waals surface area contributed by atoms with Crippen LogP contribution in [0.5, 0.6) is 0 Å². The second-order valence-corrected chi connectivity index (χ2v) is 7.35. The number of rotatable bonds is 2. The highest BCUT2D eigenvalue weighted by Crippen LogP contribution is 2.36. The molecule has 22 heavy (non-hydrogen) atoms. The van der Waals surface area contributed by atoms with Crippen molar-refractivity contribution >= 4 is 44.5 Å². The van der Waals surface area contributed by atoms with Crippen LogP contribution in [0.1, 0.15) is 13.3 Å². The molecule has 1 saturated heterocycles. The van der Waals surface area contributed by atoms with Crippen molar-refractivity contribution < 1.29 is 0 Å². The summed E-state index contributed by atoms with van der Waals surface area (Å²) < 4.78 is 2.54. The van der Waals surface area contributed by atoms with Gasteiger partial charge in [-0.2, -0.15) is 21.0 Å². The molecule has 7 heteroatoms. The first-order valence-corrected chi connectivity index (χ1v) is 8.99. The first-order chi connectivity index (χ1) is 10.6. The van der Waals surface area contributed by atoms with Crippen molar-refractivity contribution in [3.05, 3.63) is 27.5 Å². The van der Waals surface area contributed by atoms with Crippen molar-refractivity contribution in [2.45, 2.75) is 13.3 Å². The van der Waals surface area contributed by atoms with Gasteiger partial charge in [0.25, 0.3) is 0 Å². The fraction of sp³-hybridized carbons (Fsp3) is 0.333. The van der Waals surface area contributed by atoms with E-state index >= 15 is 0 Å². The second-order valence-electron chi connectivity index (χ2n) is 5.78. The van der Waals surface area contributed by atoms with Crippen LogP contribution in [0.15, 0.2) is 27.5 Å². The number of aromatic nitrogens is 3. The molecule has 0 unspecified atom stereocenters. The molecular formula is C15H16BrN5S. The molecule has 114 valence electrons. The maximum atomic E-state index is 6.28. The number of nitrogen functional groups attached to an aromatic ring is 1. The minimum Gasteiger partial charge on any atom is -0.383 e. The van der Waals surface area contributed by atoms with Gasteiger partial charge >= 0.3 is 0 Å². The molecule has 0 radical (unpaired) electrons. The average molecular weight is 378 g/mol. The van der Waals surface area contributed by atoms with Gasteiger partial charge in [0, 0.05) is 18.7 Å². The van der Waals surface area contributed by atoms with E-state index in [9.17, 15) is 0 Å². The smallest absolute Gasteiger partial charge is 0.167 e. The summed E-state index contributed by atoms with van der Waals surface area (Å²) in [4.78, 5) is 7.17. The summed E-state index contributed by atoms with van der Waals surface area (Å²) in [6, 6.07) is 2.08. The SMILES string of the molecule is C[C@H]1CCN(c2nc3c(-c4ccsc4)cnn3c(N)c2Br)C1. The van der Waals surface area contributed by atoms with Crippen molar-refractivity contribution in [1.82, 2.24) is 14.6 Å². The third-order valence-electron chi connectivity index (χ3n) is 4.16. The van der Waals surface area contributed by atoms with Crippen molar-refractivity contribution in [3.63, 3.8) is 0 Å². The predicted molar refractivity (Wildman–Crippen MR) is 94.4 cm³/mol. The lowest BCUT2D eigenvalue weighted by atomic mass is 10.2. The Bertz CT molecular complexity index is 826. The van der Waals surface area contributed by atoms with Gasteiger partial charge in [-0.05, 0) is 50.7 Å². The van der Waals surface area contributed by atoms with E-state index in [4.69, 9.17) is 10.7 Å². The van der Waals surface area contributed by atoms with Crippen LogP contribution in [0, 0.1) is 5.92 Å². The van der Waals surface area contributed by atoms with Gasteiger partial charge in [0.15, 0.2) is 5.65 Å². The van der Waals surface area contributed by atoms with Gasteiger partial charge in [-0.1, -0.05) is 6.92 Å². The molecule has 0 amide bonds. The molecule has 4 rings (SSSR count). The molecule has 4 heterocycles. The van der Waals surface area contributed by atoms with Gasteiger partial charge in [-0.3, -0.25) is 0 Å².